The summed E-state index contributed by atoms with van der Waals surface area (Å²) in [6, 6.07) is 1.70. The zero-order valence-corrected chi connectivity index (χ0v) is 8.98. The third kappa shape index (κ3) is 2.46. The molecule has 6 nitrogen and oxygen atoms in total. The Morgan fingerprint density at radius 2 is 1.37 bits per heavy atom. The van der Waals surface area contributed by atoms with E-state index in [-0.39, 0.29) is 0 Å². The van der Waals surface area contributed by atoms with Crippen molar-refractivity contribution in [2.75, 3.05) is 0 Å². The van der Waals surface area contributed by atoms with Crippen molar-refractivity contribution >= 4 is 11.4 Å². The highest BCUT2D eigenvalue weighted by Gasteiger charge is 2.60. The topological polar surface area (TPSA) is 86.3 Å². The molecule has 0 spiro atoms. The number of halogens is 4. The van der Waals surface area contributed by atoms with Crippen molar-refractivity contribution < 1.29 is 27.4 Å². The van der Waals surface area contributed by atoms with Crippen LogP contribution >= 0.6 is 0 Å². The average molecular weight is 281 g/mol. The SMILES string of the molecule is [CH2]C(F)(F)C(F)(F)c1c([N+](=O)[O-])cccc1[N+](=O)[O-]. The van der Waals surface area contributed by atoms with Gasteiger partial charge in [-0.05, 0) is 6.07 Å². The fraction of sp³-hybridized carbons (Fsp3) is 0.222. The Balaban J connectivity index is 3.73. The van der Waals surface area contributed by atoms with Crippen molar-refractivity contribution in [3.05, 3.63) is 50.9 Å². The minimum atomic E-state index is -5.15. The van der Waals surface area contributed by atoms with Crippen LogP contribution in [0.15, 0.2) is 18.2 Å². The first-order chi connectivity index (χ1) is 8.50. The van der Waals surface area contributed by atoms with E-state index in [1.54, 1.807) is 0 Å². The Morgan fingerprint density at radius 3 is 1.63 bits per heavy atom. The summed E-state index contributed by atoms with van der Waals surface area (Å²) in [4.78, 5) is 18.3. The van der Waals surface area contributed by atoms with Crippen molar-refractivity contribution in [2.45, 2.75) is 11.8 Å². The summed E-state index contributed by atoms with van der Waals surface area (Å²) >= 11 is 0. The van der Waals surface area contributed by atoms with Gasteiger partial charge in [0.1, 0.15) is 0 Å². The summed E-state index contributed by atoms with van der Waals surface area (Å²) in [6.07, 6.45) is 0. The molecule has 103 valence electrons. The second-order valence-corrected chi connectivity index (χ2v) is 3.46. The molecule has 0 saturated heterocycles. The molecule has 1 aromatic rings. The highest BCUT2D eigenvalue weighted by Crippen LogP contribution is 2.49. The summed E-state index contributed by atoms with van der Waals surface area (Å²) in [5, 5.41) is 21.1. The molecule has 0 bridgehead atoms. The van der Waals surface area contributed by atoms with Crippen LogP contribution in [-0.2, 0) is 5.92 Å². The van der Waals surface area contributed by atoms with Crippen LogP contribution in [-0.4, -0.2) is 15.8 Å². The Kier molecular flexibility index (Phi) is 3.46. The highest BCUT2D eigenvalue weighted by atomic mass is 19.3. The predicted molar refractivity (Wildman–Crippen MR) is 53.9 cm³/mol. The van der Waals surface area contributed by atoms with Gasteiger partial charge in [0.05, 0.1) is 9.85 Å². The molecule has 19 heavy (non-hydrogen) atoms. The molecule has 1 radical (unpaired) electrons. The van der Waals surface area contributed by atoms with E-state index in [1.165, 1.54) is 0 Å². The van der Waals surface area contributed by atoms with Crippen LogP contribution in [0, 0.1) is 27.2 Å². The predicted octanol–water partition coefficient (Wildman–Crippen LogP) is 3.06. The van der Waals surface area contributed by atoms with Crippen LogP contribution in [0.2, 0.25) is 0 Å². The van der Waals surface area contributed by atoms with Gasteiger partial charge >= 0.3 is 11.8 Å². The lowest BCUT2D eigenvalue weighted by molar-refractivity contribution is -0.400. The number of nitro groups is 2. The Hall–Kier alpha value is -2.26. The molecule has 0 fully saturated rings. The fourth-order valence-electron chi connectivity index (χ4n) is 1.34. The van der Waals surface area contributed by atoms with Gasteiger partial charge in [-0.3, -0.25) is 20.2 Å². The van der Waals surface area contributed by atoms with Gasteiger partial charge in [-0.2, -0.15) is 17.6 Å². The molecule has 0 aromatic heterocycles. The second-order valence-electron chi connectivity index (χ2n) is 3.46. The molecular formula is C9H5F4N2O4. The second kappa shape index (κ2) is 4.44. The van der Waals surface area contributed by atoms with E-state index in [0.29, 0.717) is 12.1 Å². The average Bonchev–Trinajstić information content (AvgIpc) is 2.26. The molecular weight excluding hydrogens is 276 g/mol. The molecule has 0 aliphatic rings. The van der Waals surface area contributed by atoms with Crippen LogP contribution in [0.1, 0.15) is 5.56 Å². The van der Waals surface area contributed by atoms with Crippen molar-refractivity contribution in [1.82, 2.24) is 0 Å². The van der Waals surface area contributed by atoms with Crippen molar-refractivity contribution in [3.8, 4) is 0 Å². The number of nitro benzene ring substituents is 2. The standard InChI is InChI=1S/C9H5F4N2O4/c1-8(10,11)9(12,13)7-5(14(16)17)3-2-4-6(7)15(18)19/h2-4H,1H2. The number of hydrogen-bond acceptors (Lipinski definition) is 4. The third-order valence-corrected chi connectivity index (χ3v) is 2.19. The molecule has 0 atom stereocenters. The van der Waals surface area contributed by atoms with E-state index in [2.05, 4.69) is 0 Å². The van der Waals surface area contributed by atoms with Gasteiger partial charge in [0.2, 0.25) is 0 Å². The van der Waals surface area contributed by atoms with Crippen LogP contribution in [0.5, 0.6) is 0 Å². The molecule has 0 saturated carbocycles. The van der Waals surface area contributed by atoms with Crippen LogP contribution in [0.4, 0.5) is 28.9 Å². The Labute approximate surface area is 102 Å². The monoisotopic (exact) mass is 281 g/mol. The minimum Gasteiger partial charge on any atom is -0.258 e. The lowest BCUT2D eigenvalue weighted by Gasteiger charge is -2.22. The molecule has 10 heteroatoms. The van der Waals surface area contributed by atoms with Gasteiger partial charge in [0, 0.05) is 19.1 Å². The lowest BCUT2D eigenvalue weighted by atomic mass is 9.99. The maximum Gasteiger partial charge on any atom is 0.348 e. The molecule has 1 rings (SSSR count). The van der Waals surface area contributed by atoms with Crippen molar-refractivity contribution in [2.24, 2.45) is 0 Å². The zero-order valence-electron chi connectivity index (χ0n) is 8.98. The molecule has 0 N–H and O–H groups in total. The first-order valence-electron chi connectivity index (χ1n) is 4.53. The maximum atomic E-state index is 13.5. The summed E-state index contributed by atoms with van der Waals surface area (Å²) < 4.78 is 52.5. The highest BCUT2D eigenvalue weighted by molar-refractivity contribution is 5.56. The number of alkyl halides is 4. The number of nitrogens with zero attached hydrogens (tertiary/aromatic N) is 2. The van der Waals surface area contributed by atoms with E-state index < -0.39 is 38.6 Å². The van der Waals surface area contributed by atoms with E-state index in [4.69, 9.17) is 0 Å². The first kappa shape index (κ1) is 14.8. The normalized spacial score (nSPS) is 12.3. The summed E-state index contributed by atoms with van der Waals surface area (Å²) in [6.45, 7) is 1.89. The van der Waals surface area contributed by atoms with Crippen molar-refractivity contribution in [3.63, 3.8) is 0 Å². The van der Waals surface area contributed by atoms with Crippen LogP contribution in [0.3, 0.4) is 0 Å². The molecule has 0 aliphatic carbocycles. The summed E-state index contributed by atoms with van der Waals surface area (Å²) in [5.41, 5.74) is -4.91. The van der Waals surface area contributed by atoms with Gasteiger partial charge < -0.3 is 0 Å². The first-order valence-corrected chi connectivity index (χ1v) is 4.53. The molecule has 0 heterocycles. The third-order valence-electron chi connectivity index (χ3n) is 2.19. The van der Waals surface area contributed by atoms with Gasteiger partial charge in [0.25, 0.3) is 11.4 Å². The molecule has 0 unspecified atom stereocenters. The van der Waals surface area contributed by atoms with Gasteiger partial charge in [-0.15, -0.1) is 0 Å². The van der Waals surface area contributed by atoms with Gasteiger partial charge in [-0.25, -0.2) is 0 Å². The fourth-order valence-corrected chi connectivity index (χ4v) is 1.34. The number of benzene rings is 1. The summed E-state index contributed by atoms with van der Waals surface area (Å²) in [5.74, 6) is -10.1. The molecule has 0 amide bonds. The largest absolute Gasteiger partial charge is 0.348 e. The minimum absolute atomic E-state index is 0.474. The number of hydrogen-bond donors (Lipinski definition) is 0. The molecule has 0 aliphatic heterocycles. The number of rotatable bonds is 4. The smallest absolute Gasteiger partial charge is 0.258 e. The quantitative estimate of drug-likeness (QED) is 0.482. The van der Waals surface area contributed by atoms with E-state index in [1.807, 2.05) is 6.92 Å². The Morgan fingerprint density at radius 1 is 1.00 bits per heavy atom. The van der Waals surface area contributed by atoms with E-state index >= 15 is 0 Å². The lowest BCUT2D eigenvalue weighted by Crippen LogP contribution is -2.36. The molecule has 1 aromatic carbocycles. The van der Waals surface area contributed by atoms with Gasteiger partial charge in [0.15, 0.2) is 5.56 Å². The van der Waals surface area contributed by atoms with E-state index in [0.717, 1.165) is 6.07 Å². The Bertz CT molecular complexity index is 509. The van der Waals surface area contributed by atoms with E-state index in [9.17, 15) is 37.8 Å². The van der Waals surface area contributed by atoms with Crippen molar-refractivity contribution in [1.29, 1.82) is 0 Å². The van der Waals surface area contributed by atoms with Crippen LogP contribution in [0.25, 0.3) is 0 Å². The maximum absolute atomic E-state index is 13.5. The zero-order chi connectivity index (χ0) is 15.0. The van der Waals surface area contributed by atoms with Gasteiger partial charge in [-0.1, -0.05) is 0 Å². The van der Waals surface area contributed by atoms with Crippen LogP contribution < -0.4 is 0 Å². The summed E-state index contributed by atoms with van der Waals surface area (Å²) in [7, 11) is 0.